The van der Waals surface area contributed by atoms with Crippen molar-refractivity contribution in [2.75, 3.05) is 0 Å². The van der Waals surface area contributed by atoms with Gasteiger partial charge < -0.3 is 0 Å². The van der Waals surface area contributed by atoms with Crippen molar-refractivity contribution >= 4 is 11.6 Å². The zero-order chi connectivity index (χ0) is 7.41. The SMILES string of the molecule is F[C@]1(Cl)[C@@H]2CCCC[C@]21F. The smallest absolute Gasteiger partial charge is 0.223 e. The molecule has 0 aromatic carbocycles. The summed E-state index contributed by atoms with van der Waals surface area (Å²) in [6.45, 7) is 0. The van der Waals surface area contributed by atoms with Crippen LogP contribution in [-0.4, -0.2) is 10.8 Å². The second kappa shape index (κ2) is 1.66. The lowest BCUT2D eigenvalue weighted by molar-refractivity contribution is 0.191. The Kier molecular flexibility index (Phi) is 1.13. The highest BCUT2D eigenvalue weighted by molar-refractivity contribution is 6.26. The Morgan fingerprint density at radius 1 is 1.30 bits per heavy atom. The predicted molar refractivity (Wildman–Crippen MR) is 35.5 cm³/mol. The van der Waals surface area contributed by atoms with Gasteiger partial charge in [0.25, 0.3) is 0 Å². The van der Waals surface area contributed by atoms with Gasteiger partial charge in [-0.3, -0.25) is 0 Å². The van der Waals surface area contributed by atoms with E-state index in [1.807, 2.05) is 0 Å². The van der Waals surface area contributed by atoms with Crippen LogP contribution in [0.3, 0.4) is 0 Å². The second-order valence-corrected chi connectivity index (χ2v) is 3.83. The standard InChI is InChI=1S/C7H9ClF2/c8-7(10)5-3-1-2-4-6(5,7)9/h5H,1-4H2/t5-,6+,7-/m1/s1. The number of alkyl halides is 3. The molecule has 0 nitrogen and oxygen atoms in total. The zero-order valence-corrected chi connectivity index (χ0v) is 6.30. The first-order valence-electron chi connectivity index (χ1n) is 3.66. The van der Waals surface area contributed by atoms with Gasteiger partial charge in [-0.15, -0.1) is 0 Å². The summed E-state index contributed by atoms with van der Waals surface area (Å²) in [6.07, 6.45) is 2.65. The van der Waals surface area contributed by atoms with Crippen LogP contribution in [0.1, 0.15) is 25.7 Å². The maximum absolute atomic E-state index is 13.2. The third-order valence-electron chi connectivity index (χ3n) is 2.74. The molecule has 3 atom stereocenters. The molecule has 0 N–H and O–H groups in total. The highest BCUT2D eigenvalue weighted by Gasteiger charge is 2.79. The Morgan fingerprint density at radius 3 is 2.40 bits per heavy atom. The summed E-state index contributed by atoms with van der Waals surface area (Å²) in [5.74, 6) is -0.504. The summed E-state index contributed by atoms with van der Waals surface area (Å²) in [5.41, 5.74) is -1.66. The maximum atomic E-state index is 13.2. The molecule has 0 aromatic rings. The van der Waals surface area contributed by atoms with Crippen molar-refractivity contribution in [3.05, 3.63) is 0 Å². The fourth-order valence-electron chi connectivity index (χ4n) is 1.98. The van der Waals surface area contributed by atoms with Crippen molar-refractivity contribution < 1.29 is 8.78 Å². The van der Waals surface area contributed by atoms with E-state index in [9.17, 15) is 8.78 Å². The van der Waals surface area contributed by atoms with Crippen molar-refractivity contribution in [3.63, 3.8) is 0 Å². The molecule has 0 aromatic heterocycles. The minimum atomic E-state index is -2.01. The lowest BCUT2D eigenvalue weighted by Crippen LogP contribution is -2.12. The number of fused-ring (bicyclic) bond motifs is 1. The number of rotatable bonds is 0. The van der Waals surface area contributed by atoms with Crippen LogP contribution < -0.4 is 0 Å². The number of hydrogen-bond acceptors (Lipinski definition) is 0. The Hall–Kier alpha value is 0.150. The van der Waals surface area contributed by atoms with Crippen LogP contribution in [0, 0.1) is 5.92 Å². The van der Waals surface area contributed by atoms with Crippen LogP contribution in [0.2, 0.25) is 0 Å². The van der Waals surface area contributed by atoms with Gasteiger partial charge in [0.1, 0.15) is 0 Å². The molecule has 10 heavy (non-hydrogen) atoms. The molecule has 0 unspecified atom stereocenters. The average molecular weight is 167 g/mol. The Labute approximate surface area is 63.6 Å². The molecule has 0 radical (unpaired) electrons. The summed E-state index contributed by atoms with van der Waals surface area (Å²) in [4.78, 5) is 0. The molecule has 0 aliphatic heterocycles. The van der Waals surface area contributed by atoms with Crippen LogP contribution in [-0.2, 0) is 0 Å². The maximum Gasteiger partial charge on any atom is 0.223 e. The summed E-state index contributed by atoms with van der Waals surface area (Å²) < 4.78 is 26.2. The zero-order valence-electron chi connectivity index (χ0n) is 5.54. The third-order valence-corrected chi connectivity index (χ3v) is 3.32. The van der Waals surface area contributed by atoms with E-state index in [2.05, 4.69) is 0 Å². The van der Waals surface area contributed by atoms with E-state index in [-0.39, 0.29) is 0 Å². The fourth-order valence-corrected chi connectivity index (χ4v) is 2.43. The molecule has 58 valence electrons. The van der Waals surface area contributed by atoms with Gasteiger partial charge in [-0.05, 0) is 12.8 Å². The summed E-state index contributed by atoms with van der Waals surface area (Å²) in [7, 11) is 0. The van der Waals surface area contributed by atoms with Crippen LogP contribution in [0.15, 0.2) is 0 Å². The molecular weight excluding hydrogens is 158 g/mol. The van der Waals surface area contributed by atoms with Gasteiger partial charge in [-0.1, -0.05) is 24.4 Å². The van der Waals surface area contributed by atoms with Crippen molar-refractivity contribution in [1.82, 2.24) is 0 Å². The molecule has 2 rings (SSSR count). The van der Waals surface area contributed by atoms with Crippen molar-refractivity contribution in [3.8, 4) is 0 Å². The van der Waals surface area contributed by atoms with Gasteiger partial charge in [-0.2, -0.15) is 0 Å². The van der Waals surface area contributed by atoms with Crippen LogP contribution >= 0.6 is 11.6 Å². The molecule has 0 saturated heterocycles. The average Bonchev–Trinajstić information content (AvgIpc) is 2.30. The van der Waals surface area contributed by atoms with Gasteiger partial charge >= 0.3 is 0 Å². The number of hydrogen-bond donors (Lipinski definition) is 0. The van der Waals surface area contributed by atoms with Gasteiger partial charge in [-0.25, -0.2) is 8.78 Å². The van der Waals surface area contributed by atoms with Crippen molar-refractivity contribution in [2.45, 2.75) is 36.5 Å². The van der Waals surface area contributed by atoms with Crippen LogP contribution in [0.4, 0.5) is 8.78 Å². The molecule has 3 heteroatoms. The quantitative estimate of drug-likeness (QED) is 0.486. The Balaban J connectivity index is 2.20. The van der Waals surface area contributed by atoms with E-state index in [1.54, 1.807) is 0 Å². The highest BCUT2D eigenvalue weighted by Crippen LogP contribution is 2.69. The Morgan fingerprint density at radius 2 is 2.00 bits per heavy atom. The molecular formula is C7H9ClF2. The lowest BCUT2D eigenvalue weighted by Gasteiger charge is -2.10. The number of halogens is 3. The van der Waals surface area contributed by atoms with E-state index >= 15 is 0 Å². The summed E-state index contributed by atoms with van der Waals surface area (Å²) in [5, 5.41) is -2.01. The molecule has 0 heterocycles. The third kappa shape index (κ3) is 0.565. The van der Waals surface area contributed by atoms with E-state index in [0.717, 1.165) is 12.8 Å². The monoisotopic (exact) mass is 166 g/mol. The first-order chi connectivity index (χ1) is 4.59. The normalized spacial score (nSPS) is 59.7. The summed E-state index contributed by atoms with van der Waals surface area (Å²) >= 11 is 5.31. The van der Waals surface area contributed by atoms with Crippen molar-refractivity contribution in [2.24, 2.45) is 5.92 Å². The van der Waals surface area contributed by atoms with Gasteiger partial charge in [0.15, 0.2) is 5.67 Å². The molecule has 2 fully saturated rings. The molecule has 0 bridgehead atoms. The van der Waals surface area contributed by atoms with Crippen molar-refractivity contribution in [1.29, 1.82) is 0 Å². The highest BCUT2D eigenvalue weighted by atomic mass is 35.5. The molecule has 2 saturated carbocycles. The largest absolute Gasteiger partial charge is 0.238 e. The minimum Gasteiger partial charge on any atom is -0.238 e. The molecule has 2 aliphatic rings. The van der Waals surface area contributed by atoms with Gasteiger partial charge in [0.2, 0.25) is 5.13 Å². The second-order valence-electron chi connectivity index (χ2n) is 3.28. The van der Waals surface area contributed by atoms with Crippen LogP contribution in [0.5, 0.6) is 0 Å². The van der Waals surface area contributed by atoms with E-state index in [0.29, 0.717) is 12.8 Å². The Bertz CT molecular complexity index is 169. The predicted octanol–water partition coefficient (Wildman–Crippen LogP) is 2.80. The summed E-state index contributed by atoms with van der Waals surface area (Å²) in [6, 6.07) is 0. The van der Waals surface area contributed by atoms with E-state index < -0.39 is 16.7 Å². The van der Waals surface area contributed by atoms with Gasteiger partial charge in [0.05, 0.1) is 0 Å². The van der Waals surface area contributed by atoms with E-state index in [4.69, 9.17) is 11.6 Å². The molecule has 0 spiro atoms. The molecule has 0 amide bonds. The first kappa shape index (κ1) is 6.84. The molecule has 2 aliphatic carbocycles. The fraction of sp³-hybridized carbons (Fsp3) is 1.00. The van der Waals surface area contributed by atoms with E-state index in [1.165, 1.54) is 0 Å². The topological polar surface area (TPSA) is 0 Å². The lowest BCUT2D eigenvalue weighted by atomic mass is 9.99. The van der Waals surface area contributed by atoms with Gasteiger partial charge in [0, 0.05) is 5.92 Å². The first-order valence-corrected chi connectivity index (χ1v) is 4.03. The minimum absolute atomic E-state index is 0.317. The van der Waals surface area contributed by atoms with Crippen LogP contribution in [0.25, 0.3) is 0 Å².